The number of rotatable bonds is 2. The van der Waals surface area contributed by atoms with Gasteiger partial charge in [0.1, 0.15) is 0 Å². The van der Waals surface area contributed by atoms with Crippen molar-refractivity contribution in [2.24, 2.45) is 5.92 Å². The summed E-state index contributed by atoms with van der Waals surface area (Å²) in [6, 6.07) is 0. The first-order valence-electron chi connectivity index (χ1n) is 3.13. The normalized spacial score (nSPS) is 19.6. The van der Waals surface area contributed by atoms with Crippen LogP contribution < -0.4 is 0 Å². The van der Waals surface area contributed by atoms with Crippen LogP contribution in [0, 0.1) is 5.92 Å². The molecule has 0 saturated heterocycles. The Morgan fingerprint density at radius 2 is 2.25 bits per heavy atom. The zero-order valence-corrected chi connectivity index (χ0v) is 5.35. The summed E-state index contributed by atoms with van der Waals surface area (Å²) in [6.45, 7) is 5.79. The first-order chi connectivity index (χ1) is 3.79. The minimum atomic E-state index is 0.895. The van der Waals surface area contributed by atoms with Gasteiger partial charge in [-0.1, -0.05) is 24.3 Å². The molecule has 1 rings (SSSR count). The maximum atomic E-state index is 3.77. The van der Waals surface area contributed by atoms with Gasteiger partial charge in [-0.3, -0.25) is 0 Å². The summed E-state index contributed by atoms with van der Waals surface area (Å²) in [7, 11) is 0. The van der Waals surface area contributed by atoms with Gasteiger partial charge in [0.2, 0.25) is 0 Å². The molecule has 0 N–H and O–H groups in total. The molecule has 0 aromatic heterocycles. The lowest BCUT2D eigenvalue weighted by atomic mass is 10.3. The van der Waals surface area contributed by atoms with Crippen LogP contribution in [0.4, 0.5) is 0 Å². The van der Waals surface area contributed by atoms with Crippen LogP contribution in [0.5, 0.6) is 0 Å². The molecule has 0 heterocycles. The van der Waals surface area contributed by atoms with Gasteiger partial charge in [0.05, 0.1) is 0 Å². The predicted octanol–water partition coefficient (Wildman–Crippen LogP) is 2.53. The average molecular weight is 108 g/mol. The Morgan fingerprint density at radius 1 is 1.62 bits per heavy atom. The monoisotopic (exact) mass is 108 g/mol. The van der Waals surface area contributed by atoms with E-state index in [0.717, 1.165) is 11.5 Å². The van der Waals surface area contributed by atoms with E-state index < -0.39 is 0 Å². The lowest BCUT2D eigenvalue weighted by Crippen LogP contribution is -1.63. The summed E-state index contributed by atoms with van der Waals surface area (Å²) in [5, 5.41) is 0. The van der Waals surface area contributed by atoms with Gasteiger partial charge >= 0.3 is 0 Å². The molecule has 0 bridgehead atoms. The lowest BCUT2D eigenvalue weighted by molar-refractivity contribution is 1.12. The van der Waals surface area contributed by atoms with Gasteiger partial charge in [-0.05, 0) is 25.7 Å². The fourth-order valence-corrected chi connectivity index (χ4v) is 0.589. The third-order valence-corrected chi connectivity index (χ3v) is 1.27. The van der Waals surface area contributed by atoms with E-state index >= 15 is 0 Å². The molecule has 0 radical (unpaired) electrons. The van der Waals surface area contributed by atoms with Crippen molar-refractivity contribution in [1.82, 2.24) is 0 Å². The molecule has 1 fully saturated rings. The SMILES string of the molecule is C=C(C)/C=C\C1CC1. The second-order valence-electron chi connectivity index (χ2n) is 2.54. The van der Waals surface area contributed by atoms with Crippen LogP contribution in [0.3, 0.4) is 0 Å². The first-order valence-corrected chi connectivity index (χ1v) is 3.13. The number of allylic oxidation sites excluding steroid dienone is 3. The minimum absolute atomic E-state index is 0.895. The molecule has 0 unspecified atom stereocenters. The summed E-state index contributed by atoms with van der Waals surface area (Å²) in [6.07, 6.45) is 7.15. The quantitative estimate of drug-likeness (QED) is 0.477. The van der Waals surface area contributed by atoms with Crippen molar-refractivity contribution in [3.05, 3.63) is 24.3 Å². The van der Waals surface area contributed by atoms with Crippen molar-refractivity contribution in [3.63, 3.8) is 0 Å². The van der Waals surface area contributed by atoms with Crippen molar-refractivity contribution in [1.29, 1.82) is 0 Å². The molecule has 0 atom stereocenters. The van der Waals surface area contributed by atoms with Crippen molar-refractivity contribution in [2.45, 2.75) is 19.8 Å². The van der Waals surface area contributed by atoms with Crippen LogP contribution in [0.2, 0.25) is 0 Å². The molecular weight excluding hydrogens is 96.1 g/mol. The molecule has 0 aromatic rings. The average Bonchev–Trinajstić information content (AvgIpc) is 2.41. The van der Waals surface area contributed by atoms with Crippen LogP contribution in [-0.4, -0.2) is 0 Å². The van der Waals surface area contributed by atoms with Gasteiger partial charge in [-0.15, -0.1) is 0 Å². The Labute approximate surface area is 50.9 Å². The van der Waals surface area contributed by atoms with E-state index in [1.54, 1.807) is 0 Å². The predicted molar refractivity (Wildman–Crippen MR) is 36.7 cm³/mol. The molecule has 8 heavy (non-hydrogen) atoms. The molecule has 1 aliphatic rings. The molecular formula is C8H12. The van der Waals surface area contributed by atoms with E-state index in [0.29, 0.717) is 0 Å². The van der Waals surface area contributed by atoms with Crippen LogP contribution in [0.15, 0.2) is 24.3 Å². The van der Waals surface area contributed by atoms with Gasteiger partial charge in [0.15, 0.2) is 0 Å². The Hall–Kier alpha value is -0.520. The zero-order chi connectivity index (χ0) is 5.98. The van der Waals surface area contributed by atoms with E-state index in [-0.39, 0.29) is 0 Å². The van der Waals surface area contributed by atoms with E-state index in [9.17, 15) is 0 Å². The van der Waals surface area contributed by atoms with E-state index in [1.165, 1.54) is 12.8 Å². The van der Waals surface area contributed by atoms with Crippen molar-refractivity contribution in [3.8, 4) is 0 Å². The van der Waals surface area contributed by atoms with Crippen LogP contribution in [0.1, 0.15) is 19.8 Å². The van der Waals surface area contributed by atoms with E-state index in [2.05, 4.69) is 18.7 Å². The fourth-order valence-electron chi connectivity index (χ4n) is 0.589. The highest BCUT2D eigenvalue weighted by Crippen LogP contribution is 2.30. The number of hydrogen-bond donors (Lipinski definition) is 0. The third-order valence-electron chi connectivity index (χ3n) is 1.27. The Morgan fingerprint density at radius 3 is 2.62 bits per heavy atom. The molecule has 44 valence electrons. The topological polar surface area (TPSA) is 0 Å². The largest absolute Gasteiger partial charge is 0.0961 e. The smallest absolute Gasteiger partial charge is 0.0230 e. The summed E-state index contributed by atoms with van der Waals surface area (Å²) >= 11 is 0. The molecule has 0 heteroatoms. The molecule has 1 aliphatic carbocycles. The number of hydrogen-bond acceptors (Lipinski definition) is 0. The van der Waals surface area contributed by atoms with Crippen molar-refractivity contribution >= 4 is 0 Å². The van der Waals surface area contributed by atoms with Gasteiger partial charge in [-0.2, -0.15) is 0 Å². The zero-order valence-electron chi connectivity index (χ0n) is 5.35. The molecule has 1 saturated carbocycles. The molecule has 0 nitrogen and oxygen atoms in total. The van der Waals surface area contributed by atoms with Crippen molar-refractivity contribution < 1.29 is 0 Å². The summed E-state index contributed by atoms with van der Waals surface area (Å²) < 4.78 is 0. The standard InChI is InChI=1S/C8H12/c1-7(2)3-4-8-5-6-8/h3-4,8H,1,5-6H2,2H3/b4-3-. The molecule has 0 spiro atoms. The van der Waals surface area contributed by atoms with Gasteiger partial charge in [0.25, 0.3) is 0 Å². The van der Waals surface area contributed by atoms with E-state index in [4.69, 9.17) is 0 Å². The Kier molecular flexibility index (Phi) is 1.52. The maximum absolute atomic E-state index is 3.77. The summed E-state index contributed by atoms with van der Waals surface area (Å²) in [5.41, 5.74) is 1.16. The maximum Gasteiger partial charge on any atom is -0.0230 e. The first kappa shape index (κ1) is 5.61. The molecule has 0 aliphatic heterocycles. The molecule has 0 amide bonds. The van der Waals surface area contributed by atoms with Gasteiger partial charge < -0.3 is 0 Å². The second-order valence-corrected chi connectivity index (χ2v) is 2.54. The van der Waals surface area contributed by atoms with Gasteiger partial charge in [0, 0.05) is 0 Å². The van der Waals surface area contributed by atoms with Crippen LogP contribution in [-0.2, 0) is 0 Å². The highest BCUT2D eigenvalue weighted by Gasteiger charge is 2.16. The second kappa shape index (κ2) is 2.17. The lowest BCUT2D eigenvalue weighted by Gasteiger charge is -1.81. The summed E-state index contributed by atoms with van der Waals surface area (Å²) in [4.78, 5) is 0. The van der Waals surface area contributed by atoms with Crippen LogP contribution >= 0.6 is 0 Å². The minimum Gasteiger partial charge on any atom is -0.0961 e. The highest BCUT2D eigenvalue weighted by atomic mass is 14.2. The van der Waals surface area contributed by atoms with Gasteiger partial charge in [-0.25, -0.2) is 0 Å². The van der Waals surface area contributed by atoms with Crippen LogP contribution in [0.25, 0.3) is 0 Å². The third kappa shape index (κ3) is 1.97. The molecule has 0 aromatic carbocycles. The summed E-state index contributed by atoms with van der Waals surface area (Å²) in [5.74, 6) is 0.895. The highest BCUT2D eigenvalue weighted by molar-refractivity contribution is 5.13. The van der Waals surface area contributed by atoms with E-state index in [1.807, 2.05) is 6.92 Å². The Balaban J connectivity index is 2.23. The van der Waals surface area contributed by atoms with Crippen molar-refractivity contribution in [2.75, 3.05) is 0 Å². The fraction of sp³-hybridized carbons (Fsp3) is 0.500. The Bertz CT molecular complexity index is 116.